The number of nitrogens with one attached hydrogen (secondary N) is 1. The number of amides is 2. The Morgan fingerprint density at radius 3 is 2.77 bits per heavy atom. The van der Waals surface area contributed by atoms with E-state index in [0.29, 0.717) is 35.8 Å². The number of nitrogens with zero attached hydrogens (tertiary/aromatic N) is 3. The first-order valence-corrected chi connectivity index (χ1v) is 12.7. The summed E-state index contributed by atoms with van der Waals surface area (Å²) >= 11 is 2.27. The number of fused-ring (bicyclic) bond motifs is 1. The third-order valence-electron chi connectivity index (χ3n) is 5.45. The SMILES string of the molecule is CCOC(=O)c1c(NC(=O)C(C)Sc2c([O-])on[n+]2-c2ccccc2)sc2c1CCN(C(C)=O)C2. The van der Waals surface area contributed by atoms with Gasteiger partial charge in [0.15, 0.2) is 5.95 Å². The minimum absolute atomic E-state index is 0.0498. The van der Waals surface area contributed by atoms with Gasteiger partial charge in [0.25, 0.3) is 5.03 Å². The highest BCUT2D eigenvalue weighted by Gasteiger charge is 2.32. The van der Waals surface area contributed by atoms with Crippen LogP contribution in [0.3, 0.4) is 0 Å². The third-order valence-corrected chi connectivity index (χ3v) is 7.71. The number of benzene rings is 1. The molecule has 1 atom stereocenters. The zero-order valence-corrected chi connectivity index (χ0v) is 21.0. The lowest BCUT2D eigenvalue weighted by atomic mass is 10.0. The zero-order chi connectivity index (χ0) is 25.1. The Morgan fingerprint density at radius 2 is 2.09 bits per heavy atom. The summed E-state index contributed by atoms with van der Waals surface area (Å²) in [5, 5.41) is 18.7. The molecule has 1 unspecified atom stereocenters. The van der Waals surface area contributed by atoms with Gasteiger partial charge in [-0.05, 0) is 42.3 Å². The van der Waals surface area contributed by atoms with Crippen molar-refractivity contribution in [3.63, 3.8) is 0 Å². The molecule has 4 rings (SSSR count). The lowest BCUT2D eigenvalue weighted by molar-refractivity contribution is -0.705. The van der Waals surface area contributed by atoms with Gasteiger partial charge in [0.2, 0.25) is 17.5 Å². The summed E-state index contributed by atoms with van der Waals surface area (Å²) < 4.78 is 11.4. The van der Waals surface area contributed by atoms with Crippen molar-refractivity contribution in [3.05, 3.63) is 46.3 Å². The molecular weight excluding hydrogens is 492 g/mol. The van der Waals surface area contributed by atoms with Gasteiger partial charge in [-0.15, -0.1) is 11.3 Å². The van der Waals surface area contributed by atoms with Gasteiger partial charge < -0.3 is 24.6 Å². The topological polar surface area (TPSA) is 129 Å². The van der Waals surface area contributed by atoms with Crippen molar-refractivity contribution in [1.29, 1.82) is 0 Å². The van der Waals surface area contributed by atoms with Crippen LogP contribution in [0.1, 0.15) is 41.6 Å². The van der Waals surface area contributed by atoms with Crippen LogP contribution in [-0.2, 0) is 27.3 Å². The first-order chi connectivity index (χ1) is 16.8. The molecule has 184 valence electrons. The fourth-order valence-electron chi connectivity index (χ4n) is 3.69. The molecule has 12 heteroatoms. The number of thioether (sulfide) groups is 1. The fourth-order valence-corrected chi connectivity index (χ4v) is 5.81. The van der Waals surface area contributed by atoms with Crippen LogP contribution in [-0.4, -0.2) is 46.4 Å². The van der Waals surface area contributed by atoms with Crippen molar-refractivity contribution in [1.82, 2.24) is 10.2 Å². The van der Waals surface area contributed by atoms with Crippen LogP contribution in [0.15, 0.2) is 39.9 Å². The zero-order valence-electron chi connectivity index (χ0n) is 19.4. The second kappa shape index (κ2) is 10.5. The van der Waals surface area contributed by atoms with Crippen molar-refractivity contribution in [3.8, 4) is 11.6 Å². The molecule has 10 nitrogen and oxygen atoms in total. The third kappa shape index (κ3) is 5.17. The Kier molecular flexibility index (Phi) is 7.41. The predicted octanol–water partition coefficient (Wildman–Crippen LogP) is 2.29. The van der Waals surface area contributed by atoms with Crippen molar-refractivity contribution in [2.24, 2.45) is 0 Å². The van der Waals surface area contributed by atoms with Crippen LogP contribution in [0.2, 0.25) is 0 Å². The van der Waals surface area contributed by atoms with Gasteiger partial charge in [0, 0.05) is 30.5 Å². The number of hydrogen-bond donors (Lipinski definition) is 1. The van der Waals surface area contributed by atoms with E-state index in [1.807, 2.05) is 6.07 Å². The van der Waals surface area contributed by atoms with Crippen LogP contribution in [0, 0.1) is 0 Å². The number of carbonyl (C=O) groups is 3. The summed E-state index contributed by atoms with van der Waals surface area (Å²) in [5.74, 6) is -1.62. The number of rotatable bonds is 7. The average molecular weight is 517 g/mol. The molecule has 0 aliphatic carbocycles. The van der Waals surface area contributed by atoms with Gasteiger partial charge in [-0.2, -0.15) is 0 Å². The molecular formula is C23H24N4O6S2. The number of para-hydroxylation sites is 1. The lowest BCUT2D eigenvalue weighted by Gasteiger charge is -2.25. The molecule has 0 bridgehead atoms. The minimum atomic E-state index is -0.708. The highest BCUT2D eigenvalue weighted by Crippen LogP contribution is 2.38. The Bertz CT molecular complexity index is 1260. The van der Waals surface area contributed by atoms with E-state index in [4.69, 9.17) is 9.26 Å². The average Bonchev–Trinajstić information content (AvgIpc) is 3.38. The molecule has 1 N–H and O–H groups in total. The summed E-state index contributed by atoms with van der Waals surface area (Å²) in [6, 6.07) is 8.97. The standard InChI is InChI=1S/C23H24N4O6S2/c1-4-32-22(30)18-16-10-11-26(14(3)28)12-17(16)35-20(18)24-19(29)13(2)34-21-23(31)33-25-27(21)15-8-6-5-7-9-15/h5-9,13H,4,10-12H2,1-3H3,(H-,24,25,29,30,31). The van der Waals surface area contributed by atoms with Gasteiger partial charge in [-0.1, -0.05) is 18.2 Å². The minimum Gasteiger partial charge on any atom is -0.538 e. The summed E-state index contributed by atoms with van der Waals surface area (Å²) in [6.07, 6.45) is 0.497. The van der Waals surface area contributed by atoms with Crippen molar-refractivity contribution in [2.45, 2.75) is 44.0 Å². The summed E-state index contributed by atoms with van der Waals surface area (Å²) in [7, 11) is 0. The molecule has 0 saturated carbocycles. The Labute approximate surface area is 209 Å². The lowest BCUT2D eigenvalue weighted by Crippen LogP contribution is -2.36. The van der Waals surface area contributed by atoms with Crippen LogP contribution in [0.4, 0.5) is 5.00 Å². The maximum atomic E-state index is 13.1. The normalized spacial score (nSPS) is 13.7. The molecule has 2 aromatic heterocycles. The number of thiophene rings is 1. The van der Waals surface area contributed by atoms with Gasteiger partial charge in [-0.25, -0.2) is 4.79 Å². The molecule has 0 radical (unpaired) electrons. The molecule has 1 aromatic carbocycles. The molecule has 1 aliphatic rings. The fraction of sp³-hybridized carbons (Fsp3) is 0.348. The largest absolute Gasteiger partial charge is 0.538 e. The first kappa shape index (κ1) is 24.7. The highest BCUT2D eigenvalue weighted by atomic mass is 32.2. The number of carbonyl (C=O) groups excluding carboxylic acids is 3. The number of ether oxygens (including phenoxy) is 1. The van der Waals surface area contributed by atoms with Crippen LogP contribution in [0.25, 0.3) is 5.69 Å². The molecule has 1 aliphatic heterocycles. The smallest absolute Gasteiger partial charge is 0.341 e. The maximum absolute atomic E-state index is 13.1. The molecule has 3 aromatic rings. The van der Waals surface area contributed by atoms with E-state index in [-0.39, 0.29) is 17.5 Å². The van der Waals surface area contributed by atoms with E-state index in [9.17, 15) is 19.5 Å². The monoisotopic (exact) mass is 516 g/mol. The molecule has 2 amide bonds. The number of esters is 1. The predicted molar refractivity (Wildman–Crippen MR) is 127 cm³/mol. The second-order valence-corrected chi connectivity index (χ2v) is 10.2. The number of hydrogen-bond acceptors (Lipinski definition) is 9. The van der Waals surface area contributed by atoms with E-state index in [1.54, 1.807) is 43.0 Å². The van der Waals surface area contributed by atoms with Crippen molar-refractivity contribution < 1.29 is 33.4 Å². The summed E-state index contributed by atoms with van der Waals surface area (Å²) in [4.78, 5) is 40.2. The summed E-state index contributed by atoms with van der Waals surface area (Å²) in [5.41, 5.74) is 1.75. The van der Waals surface area contributed by atoms with Gasteiger partial charge >= 0.3 is 5.97 Å². The highest BCUT2D eigenvalue weighted by molar-refractivity contribution is 8.00. The van der Waals surface area contributed by atoms with E-state index in [0.717, 1.165) is 22.2 Å². The van der Waals surface area contributed by atoms with Crippen LogP contribution < -0.4 is 15.1 Å². The maximum Gasteiger partial charge on any atom is 0.341 e. The van der Waals surface area contributed by atoms with E-state index < -0.39 is 23.1 Å². The molecule has 0 saturated heterocycles. The van der Waals surface area contributed by atoms with E-state index in [1.165, 1.54) is 22.9 Å². The van der Waals surface area contributed by atoms with E-state index >= 15 is 0 Å². The van der Waals surface area contributed by atoms with E-state index in [2.05, 4.69) is 10.6 Å². The van der Waals surface area contributed by atoms with Gasteiger partial charge in [0.05, 0.1) is 29.2 Å². The Hall–Kier alpha value is -3.38. The van der Waals surface area contributed by atoms with Crippen molar-refractivity contribution in [2.75, 3.05) is 18.5 Å². The van der Waals surface area contributed by atoms with Gasteiger partial charge in [-0.3, -0.25) is 9.59 Å². The summed E-state index contributed by atoms with van der Waals surface area (Å²) in [6.45, 7) is 5.93. The quantitative estimate of drug-likeness (QED) is 0.288. The first-order valence-electron chi connectivity index (χ1n) is 11.0. The molecule has 3 heterocycles. The van der Waals surface area contributed by atoms with Crippen LogP contribution in [0.5, 0.6) is 5.95 Å². The second-order valence-electron chi connectivity index (χ2n) is 7.78. The number of aromatic nitrogens is 2. The molecule has 35 heavy (non-hydrogen) atoms. The van der Waals surface area contributed by atoms with Crippen molar-refractivity contribution >= 4 is 45.9 Å². The van der Waals surface area contributed by atoms with Crippen LogP contribution >= 0.6 is 23.1 Å². The molecule has 0 spiro atoms. The molecule has 0 fully saturated rings. The number of anilines is 1. The Morgan fingerprint density at radius 1 is 1.34 bits per heavy atom. The Balaban J connectivity index is 1.57. The van der Waals surface area contributed by atoms with Gasteiger partial charge in [0.1, 0.15) is 5.00 Å².